The molecule has 4 nitrogen and oxygen atoms in total. The number of carbonyl (C=O) groups excluding carboxylic acids is 1. The van der Waals surface area contributed by atoms with Crippen LogP contribution in [-0.2, 0) is 4.79 Å². The quantitative estimate of drug-likeness (QED) is 0.373. The molecule has 7 unspecified atom stereocenters. The highest BCUT2D eigenvalue weighted by atomic mass is 16.3. The third-order valence-electron chi connectivity index (χ3n) is 8.76. The summed E-state index contributed by atoms with van der Waals surface area (Å²) in [4.78, 5) is 15.1. The first-order valence-electron chi connectivity index (χ1n) is 11.9. The highest BCUT2D eigenvalue weighted by Gasteiger charge is 2.60. The van der Waals surface area contributed by atoms with Crippen molar-refractivity contribution in [3.63, 3.8) is 0 Å². The van der Waals surface area contributed by atoms with E-state index < -0.39 is 0 Å². The van der Waals surface area contributed by atoms with E-state index in [9.17, 15) is 9.90 Å². The Hall–Kier alpha value is -1.94. The Morgan fingerprint density at radius 2 is 2.00 bits per heavy atom. The number of fused-ring (bicyclic) bond motifs is 3. The summed E-state index contributed by atoms with van der Waals surface area (Å²) in [5, 5.41) is 14.0. The molecule has 2 N–H and O–H groups in total. The van der Waals surface area contributed by atoms with Crippen LogP contribution in [0.5, 0.6) is 0 Å². The molecule has 3 fully saturated rings. The van der Waals surface area contributed by atoms with Crippen molar-refractivity contribution in [1.82, 2.24) is 4.98 Å². The van der Waals surface area contributed by atoms with Gasteiger partial charge in [0.05, 0.1) is 6.10 Å². The van der Waals surface area contributed by atoms with Gasteiger partial charge in [-0.25, -0.2) is 4.98 Å². The number of nitrogens with zero attached hydrogens (tertiary/aromatic N) is 1. The third-order valence-corrected chi connectivity index (χ3v) is 8.76. The van der Waals surface area contributed by atoms with Gasteiger partial charge in [0.25, 0.3) is 0 Å². The van der Waals surface area contributed by atoms with Gasteiger partial charge >= 0.3 is 0 Å². The smallest absolute Gasteiger partial charge is 0.142 e. The average molecular weight is 425 g/mol. The van der Waals surface area contributed by atoms with Crippen LogP contribution in [0.3, 0.4) is 0 Å². The number of anilines is 1. The molecular formula is C27H40N2O2. The monoisotopic (exact) mass is 424 g/mol. The molecule has 31 heavy (non-hydrogen) atoms. The van der Waals surface area contributed by atoms with Crippen LogP contribution in [0.4, 0.5) is 5.82 Å². The number of aldehydes is 1. The molecule has 3 aliphatic carbocycles. The van der Waals surface area contributed by atoms with E-state index in [0.717, 1.165) is 37.3 Å². The van der Waals surface area contributed by atoms with Crippen LogP contribution >= 0.6 is 0 Å². The van der Waals surface area contributed by atoms with Crippen molar-refractivity contribution in [2.45, 2.75) is 65.9 Å². The van der Waals surface area contributed by atoms with E-state index in [4.69, 9.17) is 0 Å². The lowest BCUT2D eigenvalue weighted by Gasteiger charge is -2.58. The number of carbonyl (C=O) groups is 1. The molecule has 1 aromatic rings. The molecule has 0 aliphatic heterocycles. The van der Waals surface area contributed by atoms with Crippen molar-refractivity contribution in [3.05, 3.63) is 48.2 Å². The maximum Gasteiger partial charge on any atom is 0.142 e. The second-order valence-electron chi connectivity index (χ2n) is 10.2. The Morgan fingerprint density at radius 3 is 2.58 bits per heavy atom. The molecule has 0 amide bonds. The summed E-state index contributed by atoms with van der Waals surface area (Å²) in [6.07, 6.45) is 14.2. The topological polar surface area (TPSA) is 62.2 Å². The Kier molecular flexibility index (Phi) is 7.41. The molecule has 7 atom stereocenters. The second-order valence-corrected chi connectivity index (χ2v) is 10.2. The summed E-state index contributed by atoms with van der Waals surface area (Å²) >= 11 is 0. The van der Waals surface area contributed by atoms with E-state index in [1.54, 1.807) is 12.3 Å². The van der Waals surface area contributed by atoms with Crippen LogP contribution in [0, 0.1) is 34.5 Å². The molecule has 0 aromatic carbocycles. The zero-order chi connectivity index (χ0) is 22.6. The minimum Gasteiger partial charge on any atom is -0.393 e. The Bertz CT molecular complexity index is 805. The first kappa shape index (κ1) is 23.7. The van der Waals surface area contributed by atoms with E-state index in [2.05, 4.69) is 43.2 Å². The first-order chi connectivity index (χ1) is 14.8. The van der Waals surface area contributed by atoms with Crippen molar-refractivity contribution in [3.8, 4) is 0 Å². The Morgan fingerprint density at radius 1 is 1.23 bits per heavy atom. The van der Waals surface area contributed by atoms with Crippen LogP contribution in [-0.4, -0.2) is 29.5 Å². The fourth-order valence-corrected chi connectivity index (χ4v) is 7.07. The molecule has 4 heteroatoms. The highest BCUT2D eigenvalue weighted by molar-refractivity contribution is 5.67. The number of hydrogen-bond acceptors (Lipinski definition) is 4. The molecule has 0 bridgehead atoms. The lowest BCUT2D eigenvalue weighted by Crippen LogP contribution is -2.55. The summed E-state index contributed by atoms with van der Waals surface area (Å²) < 4.78 is 0. The van der Waals surface area contributed by atoms with Gasteiger partial charge in [-0.15, -0.1) is 0 Å². The fraction of sp³-hybridized carbons (Fsp3) is 0.630. The number of rotatable bonds is 3. The molecule has 1 aromatic heterocycles. The van der Waals surface area contributed by atoms with Crippen LogP contribution in [0.15, 0.2) is 48.2 Å². The number of aliphatic hydroxyl groups excluding tert-OH is 1. The molecular weight excluding hydrogens is 384 g/mol. The predicted molar refractivity (Wildman–Crippen MR) is 128 cm³/mol. The molecule has 3 aliphatic rings. The van der Waals surface area contributed by atoms with E-state index >= 15 is 0 Å². The number of aliphatic hydroxyl groups is 1. The number of allylic oxidation sites excluding steroid dienone is 4. The molecule has 4 rings (SSSR count). The molecule has 170 valence electrons. The van der Waals surface area contributed by atoms with E-state index in [-0.39, 0.29) is 17.4 Å². The Balaban J connectivity index is 0.000000287. The minimum atomic E-state index is -0.265. The van der Waals surface area contributed by atoms with Crippen LogP contribution < -0.4 is 5.32 Å². The van der Waals surface area contributed by atoms with Gasteiger partial charge in [-0.2, -0.15) is 0 Å². The largest absolute Gasteiger partial charge is 0.393 e. The normalized spacial score (nSPS) is 40.6. The van der Waals surface area contributed by atoms with Crippen molar-refractivity contribution in [2.24, 2.45) is 34.5 Å². The van der Waals surface area contributed by atoms with Gasteiger partial charge in [0.15, 0.2) is 0 Å². The van der Waals surface area contributed by atoms with Crippen LogP contribution in [0.25, 0.3) is 0 Å². The summed E-state index contributed by atoms with van der Waals surface area (Å²) in [5.41, 5.74) is 1.33. The van der Waals surface area contributed by atoms with E-state index in [1.807, 2.05) is 32.2 Å². The van der Waals surface area contributed by atoms with Crippen LogP contribution in [0.2, 0.25) is 0 Å². The lowest BCUT2D eigenvalue weighted by atomic mass is 9.47. The summed E-state index contributed by atoms with van der Waals surface area (Å²) in [6.45, 7) is 9.07. The SMILES string of the molecule is C/C=C\C1(C)/C(=C\C=O)CCC2C1C(O)CC1(C)C(C)CCC21.CNc1ccccn1. The molecule has 0 saturated heterocycles. The minimum absolute atomic E-state index is 0.175. The van der Waals surface area contributed by atoms with Gasteiger partial charge in [0.1, 0.15) is 12.1 Å². The van der Waals surface area contributed by atoms with Crippen molar-refractivity contribution >= 4 is 12.1 Å². The lowest BCUT2D eigenvalue weighted by molar-refractivity contribution is -0.114. The molecule has 0 radical (unpaired) electrons. The molecule has 3 saturated carbocycles. The van der Waals surface area contributed by atoms with Crippen molar-refractivity contribution < 1.29 is 9.90 Å². The van der Waals surface area contributed by atoms with Gasteiger partial charge in [-0.1, -0.05) is 44.6 Å². The van der Waals surface area contributed by atoms with Crippen LogP contribution in [0.1, 0.15) is 59.8 Å². The standard InChI is InChI=1S/C21H32O2.C6H8N2/c1-5-11-20(3)15(10-12-22)7-8-16-17-9-6-14(2)21(17,4)13-18(23)19(16)20;1-7-6-4-2-3-5-8-6/h5,10-12,14,16-19,23H,6-9,13H2,1-4H3;2-5H,1H3,(H,7,8)/b11-5-,15-10-;. The van der Waals surface area contributed by atoms with Gasteiger partial charge in [0.2, 0.25) is 0 Å². The zero-order valence-corrected chi connectivity index (χ0v) is 19.8. The highest BCUT2D eigenvalue weighted by Crippen LogP contribution is 2.65. The second kappa shape index (κ2) is 9.68. The summed E-state index contributed by atoms with van der Waals surface area (Å²) in [6, 6.07) is 5.75. The van der Waals surface area contributed by atoms with Gasteiger partial charge in [0, 0.05) is 24.6 Å². The summed E-state index contributed by atoms with van der Waals surface area (Å²) in [5.74, 6) is 3.18. The number of nitrogens with one attached hydrogen (secondary N) is 1. The third kappa shape index (κ3) is 4.37. The van der Waals surface area contributed by atoms with Crippen molar-refractivity contribution in [1.29, 1.82) is 0 Å². The number of aromatic nitrogens is 1. The number of hydrogen-bond donors (Lipinski definition) is 2. The molecule has 0 spiro atoms. The van der Waals surface area contributed by atoms with E-state index in [1.165, 1.54) is 18.4 Å². The molecule has 1 heterocycles. The van der Waals surface area contributed by atoms with Gasteiger partial charge in [-0.05, 0) is 80.4 Å². The predicted octanol–water partition coefficient (Wildman–Crippen LogP) is 5.66. The van der Waals surface area contributed by atoms with Gasteiger partial charge in [-0.3, -0.25) is 4.79 Å². The fourth-order valence-electron chi connectivity index (χ4n) is 7.07. The summed E-state index contributed by atoms with van der Waals surface area (Å²) in [7, 11) is 1.85. The number of pyridine rings is 1. The zero-order valence-electron chi connectivity index (χ0n) is 19.8. The maximum atomic E-state index is 11.1. The first-order valence-corrected chi connectivity index (χ1v) is 11.9. The average Bonchev–Trinajstić information content (AvgIpc) is 3.05. The maximum absolute atomic E-state index is 11.1. The van der Waals surface area contributed by atoms with E-state index in [0.29, 0.717) is 17.3 Å². The van der Waals surface area contributed by atoms with Crippen molar-refractivity contribution in [2.75, 3.05) is 12.4 Å². The van der Waals surface area contributed by atoms with Gasteiger partial charge < -0.3 is 10.4 Å². The Labute approximate surface area is 188 Å².